The molecule has 0 spiro atoms. The molecule has 162 valence electrons. The molecule has 0 aromatic rings. The molecule has 4 nitrogen and oxygen atoms in total. The summed E-state index contributed by atoms with van der Waals surface area (Å²) in [5.41, 5.74) is 0. The van der Waals surface area contributed by atoms with Crippen molar-refractivity contribution in [2.75, 3.05) is 27.7 Å². The summed E-state index contributed by atoms with van der Waals surface area (Å²) in [7, 11) is 2.30. The van der Waals surface area contributed by atoms with Gasteiger partial charge in [-0.2, -0.15) is 0 Å². The molecule has 0 aliphatic carbocycles. The number of nitrogens with zero attached hydrogens (tertiary/aromatic N) is 1. The van der Waals surface area contributed by atoms with Crippen LogP contribution in [0.3, 0.4) is 0 Å². The van der Waals surface area contributed by atoms with Crippen LogP contribution in [0.5, 0.6) is 0 Å². The summed E-state index contributed by atoms with van der Waals surface area (Å²) in [5, 5.41) is 0. The minimum absolute atomic E-state index is 0.348. The Morgan fingerprint density at radius 3 is 1.81 bits per heavy atom. The highest BCUT2D eigenvalue weighted by Crippen LogP contribution is 2.51. The fourth-order valence-corrected chi connectivity index (χ4v) is 5.38. The Morgan fingerprint density at radius 1 is 0.852 bits per heavy atom. The van der Waals surface area contributed by atoms with Crippen LogP contribution in [0.4, 0.5) is 0 Å². The third kappa shape index (κ3) is 14.5. The van der Waals surface area contributed by atoms with Gasteiger partial charge in [0.2, 0.25) is 0 Å². The summed E-state index contributed by atoms with van der Waals surface area (Å²) < 4.78 is 18.3. The molecule has 27 heavy (non-hydrogen) atoms. The fourth-order valence-electron chi connectivity index (χ4n) is 3.48. The van der Waals surface area contributed by atoms with Crippen LogP contribution in [-0.4, -0.2) is 42.9 Å². The highest BCUT2D eigenvalue weighted by atomic mass is 31.2. The van der Waals surface area contributed by atoms with Crippen molar-refractivity contribution in [1.29, 1.82) is 0 Å². The van der Waals surface area contributed by atoms with Crippen LogP contribution in [-0.2, 0) is 9.09 Å². The molecule has 0 saturated carbocycles. The van der Waals surface area contributed by atoms with Gasteiger partial charge in [-0.15, -0.1) is 0 Å². The largest absolute Gasteiger partial charge is 0.385 e. The summed E-state index contributed by atoms with van der Waals surface area (Å²) in [4.78, 5) is 10.2. The standard InChI is InChI=1S/C22H46NO3P/c1-6-8-9-10-11-12-13-14-15-16-17-18-19-20-21-26-27(24,25)22(7-2)23(3,4)5/h10-11,22H,6-9,12-21H2,1-5H3/p+1/b11-10-. The lowest BCUT2D eigenvalue weighted by atomic mass is 10.1. The first-order valence-corrected chi connectivity index (χ1v) is 12.8. The molecule has 0 fully saturated rings. The first-order chi connectivity index (χ1) is 12.8. The normalized spacial score (nSPS) is 15.9. The Bertz CT molecular complexity index is 418. The van der Waals surface area contributed by atoms with Gasteiger partial charge in [0.25, 0.3) is 0 Å². The molecule has 2 unspecified atom stereocenters. The Kier molecular flexibility index (Phi) is 15.6. The Balaban J connectivity index is 3.57. The Morgan fingerprint density at radius 2 is 1.33 bits per heavy atom. The van der Waals surface area contributed by atoms with Crippen LogP contribution in [0.25, 0.3) is 0 Å². The van der Waals surface area contributed by atoms with E-state index < -0.39 is 7.60 Å². The average molecular weight is 405 g/mol. The summed E-state index contributed by atoms with van der Waals surface area (Å²) in [6, 6.07) is 0. The molecule has 0 aromatic carbocycles. The quantitative estimate of drug-likeness (QED) is 0.117. The lowest BCUT2D eigenvalue weighted by Gasteiger charge is -2.35. The van der Waals surface area contributed by atoms with Crippen molar-refractivity contribution in [3.05, 3.63) is 12.2 Å². The predicted molar refractivity (Wildman–Crippen MR) is 118 cm³/mol. The molecular weight excluding hydrogens is 357 g/mol. The monoisotopic (exact) mass is 404 g/mol. The van der Waals surface area contributed by atoms with Crippen molar-refractivity contribution < 1.29 is 18.5 Å². The van der Waals surface area contributed by atoms with Crippen molar-refractivity contribution in [3.63, 3.8) is 0 Å². The van der Waals surface area contributed by atoms with Gasteiger partial charge in [-0.05, 0) is 25.7 Å². The number of quaternary nitrogens is 1. The smallest absolute Gasteiger partial charge is 0.320 e. The highest BCUT2D eigenvalue weighted by Gasteiger charge is 2.41. The predicted octanol–water partition coefficient (Wildman–Crippen LogP) is 6.89. The fraction of sp³-hybridized carbons (Fsp3) is 0.909. The molecule has 0 aromatic heterocycles. The molecule has 2 atom stereocenters. The first kappa shape index (κ1) is 26.9. The molecule has 0 rings (SSSR count). The molecule has 0 radical (unpaired) electrons. The molecule has 0 aliphatic heterocycles. The lowest BCUT2D eigenvalue weighted by Crippen LogP contribution is -2.44. The van der Waals surface area contributed by atoms with Crippen molar-refractivity contribution >= 4 is 7.60 Å². The second-order valence-corrected chi connectivity index (χ2v) is 10.6. The maximum absolute atomic E-state index is 12.4. The van der Waals surface area contributed by atoms with Crippen LogP contribution >= 0.6 is 7.60 Å². The van der Waals surface area contributed by atoms with Gasteiger partial charge < -0.3 is 13.9 Å². The van der Waals surface area contributed by atoms with Gasteiger partial charge in [-0.25, -0.2) is 0 Å². The zero-order valence-electron chi connectivity index (χ0n) is 18.8. The lowest BCUT2D eigenvalue weighted by molar-refractivity contribution is -0.883. The summed E-state index contributed by atoms with van der Waals surface area (Å²) in [5.74, 6) is -0.348. The minimum atomic E-state index is -3.54. The van der Waals surface area contributed by atoms with E-state index in [4.69, 9.17) is 4.52 Å². The van der Waals surface area contributed by atoms with E-state index in [-0.39, 0.29) is 5.78 Å². The van der Waals surface area contributed by atoms with Crippen molar-refractivity contribution in [2.45, 2.75) is 103 Å². The number of allylic oxidation sites excluding steroid dienone is 2. The van der Waals surface area contributed by atoms with Crippen molar-refractivity contribution in [1.82, 2.24) is 0 Å². The van der Waals surface area contributed by atoms with E-state index in [2.05, 4.69) is 19.1 Å². The third-order valence-electron chi connectivity index (χ3n) is 5.07. The molecule has 0 saturated heterocycles. The highest BCUT2D eigenvalue weighted by molar-refractivity contribution is 7.53. The SMILES string of the molecule is CCCC/C=C\CCCCCCCCCCOP(=O)(O)C(CC)[N+](C)(C)C. The van der Waals surface area contributed by atoms with Crippen LogP contribution in [0, 0.1) is 0 Å². The van der Waals surface area contributed by atoms with Gasteiger partial charge in [0.1, 0.15) is 0 Å². The first-order valence-electron chi connectivity index (χ1n) is 11.2. The minimum Gasteiger partial charge on any atom is -0.320 e. The molecule has 1 N–H and O–H groups in total. The van der Waals surface area contributed by atoms with Gasteiger partial charge in [-0.3, -0.25) is 4.57 Å². The van der Waals surface area contributed by atoms with Gasteiger partial charge in [0.05, 0.1) is 27.7 Å². The van der Waals surface area contributed by atoms with Crippen LogP contribution < -0.4 is 0 Å². The number of hydrogen-bond donors (Lipinski definition) is 1. The van der Waals surface area contributed by atoms with Gasteiger partial charge in [0.15, 0.2) is 5.78 Å². The summed E-state index contributed by atoms with van der Waals surface area (Å²) in [6.45, 7) is 4.58. The molecule has 5 heteroatoms. The molecule has 0 amide bonds. The molecule has 0 heterocycles. The van der Waals surface area contributed by atoms with E-state index in [1.54, 1.807) is 0 Å². The van der Waals surface area contributed by atoms with Crippen LogP contribution in [0.15, 0.2) is 12.2 Å². The zero-order chi connectivity index (χ0) is 20.6. The van der Waals surface area contributed by atoms with Gasteiger partial charge >= 0.3 is 7.60 Å². The average Bonchev–Trinajstić information content (AvgIpc) is 2.57. The second kappa shape index (κ2) is 15.7. The number of unbranched alkanes of at least 4 members (excludes halogenated alkanes) is 10. The third-order valence-corrected chi connectivity index (χ3v) is 7.43. The summed E-state index contributed by atoms with van der Waals surface area (Å²) in [6.07, 6.45) is 20.1. The number of hydrogen-bond acceptors (Lipinski definition) is 2. The van der Waals surface area contributed by atoms with E-state index in [0.29, 0.717) is 17.5 Å². The van der Waals surface area contributed by atoms with E-state index in [0.717, 1.165) is 12.8 Å². The molecule has 0 aliphatic rings. The Labute approximate surface area is 169 Å². The van der Waals surface area contributed by atoms with E-state index in [9.17, 15) is 9.46 Å². The van der Waals surface area contributed by atoms with Crippen molar-refractivity contribution in [2.24, 2.45) is 0 Å². The zero-order valence-corrected chi connectivity index (χ0v) is 19.7. The maximum Gasteiger partial charge on any atom is 0.385 e. The molecule has 0 bridgehead atoms. The maximum atomic E-state index is 12.4. The number of rotatable bonds is 18. The van der Waals surface area contributed by atoms with Gasteiger partial charge in [0, 0.05) is 6.42 Å². The van der Waals surface area contributed by atoms with Crippen LogP contribution in [0.1, 0.15) is 97.3 Å². The topological polar surface area (TPSA) is 46.5 Å². The second-order valence-electron chi connectivity index (χ2n) is 8.63. The molecular formula is C22H47NO3P+. The van der Waals surface area contributed by atoms with Crippen LogP contribution in [0.2, 0.25) is 0 Å². The summed E-state index contributed by atoms with van der Waals surface area (Å²) >= 11 is 0. The van der Waals surface area contributed by atoms with Crippen molar-refractivity contribution in [3.8, 4) is 0 Å². The van der Waals surface area contributed by atoms with E-state index >= 15 is 0 Å². The van der Waals surface area contributed by atoms with E-state index in [1.807, 2.05) is 28.1 Å². The van der Waals surface area contributed by atoms with E-state index in [1.165, 1.54) is 64.2 Å². The van der Waals surface area contributed by atoms with Gasteiger partial charge in [-0.1, -0.05) is 77.4 Å². The Hall–Kier alpha value is -0.150.